The first-order valence-corrected chi connectivity index (χ1v) is 12.7. The van der Waals surface area contributed by atoms with Crippen molar-refractivity contribution in [1.82, 2.24) is 15.1 Å². The molecule has 33 heavy (non-hydrogen) atoms. The van der Waals surface area contributed by atoms with Crippen molar-refractivity contribution < 1.29 is 19.1 Å². The third-order valence-corrected chi connectivity index (χ3v) is 7.23. The minimum absolute atomic E-state index is 0.144. The Morgan fingerprint density at radius 2 is 1.91 bits per heavy atom. The molecule has 1 N–H and O–H groups in total. The average Bonchev–Trinajstić information content (AvgIpc) is 3.37. The zero-order valence-electron chi connectivity index (χ0n) is 20.0. The van der Waals surface area contributed by atoms with Gasteiger partial charge in [-0.05, 0) is 75.4 Å². The van der Waals surface area contributed by atoms with Gasteiger partial charge in [-0.1, -0.05) is 26.7 Å². The molecule has 1 aliphatic carbocycles. The molecule has 1 aromatic carbocycles. The van der Waals surface area contributed by atoms with Gasteiger partial charge in [-0.25, -0.2) is 0 Å². The van der Waals surface area contributed by atoms with Crippen LogP contribution in [0.25, 0.3) is 0 Å². The van der Waals surface area contributed by atoms with E-state index < -0.39 is 6.04 Å². The van der Waals surface area contributed by atoms with Gasteiger partial charge < -0.3 is 9.64 Å². The summed E-state index contributed by atoms with van der Waals surface area (Å²) >= 11 is 0. The smallest absolute Gasteiger partial charge is 0.255 e. The van der Waals surface area contributed by atoms with Gasteiger partial charge in [0.15, 0.2) is 0 Å². The third kappa shape index (κ3) is 5.24. The Morgan fingerprint density at radius 1 is 1.06 bits per heavy atom. The molecule has 1 aromatic rings. The fourth-order valence-electron chi connectivity index (χ4n) is 5.56. The van der Waals surface area contributed by atoms with E-state index in [9.17, 15) is 14.4 Å². The molecule has 1 saturated carbocycles. The summed E-state index contributed by atoms with van der Waals surface area (Å²) in [4.78, 5) is 40.9. The van der Waals surface area contributed by atoms with Crippen LogP contribution in [-0.4, -0.2) is 58.8 Å². The first kappa shape index (κ1) is 23.7. The fourth-order valence-corrected chi connectivity index (χ4v) is 5.56. The SMILES string of the molecule is CCCCCN(CCC)[C@@H]1CCC[C@H]1Oc1ccc2c(c1)CN(C1CCC(=O)NC1=O)C2=O. The summed E-state index contributed by atoms with van der Waals surface area (Å²) in [5, 5.41) is 2.36. The number of carbonyl (C=O) groups is 3. The van der Waals surface area contributed by atoms with Gasteiger partial charge in [0.2, 0.25) is 11.8 Å². The molecule has 2 heterocycles. The van der Waals surface area contributed by atoms with Gasteiger partial charge in [0.25, 0.3) is 5.91 Å². The van der Waals surface area contributed by atoms with Crippen LogP contribution in [0.4, 0.5) is 0 Å². The van der Waals surface area contributed by atoms with Crippen LogP contribution in [0.1, 0.15) is 87.6 Å². The molecule has 0 spiro atoms. The molecule has 1 saturated heterocycles. The summed E-state index contributed by atoms with van der Waals surface area (Å²) in [6, 6.07) is 5.54. The van der Waals surface area contributed by atoms with E-state index in [0.717, 1.165) is 37.2 Å². The van der Waals surface area contributed by atoms with Crippen molar-refractivity contribution in [3.8, 4) is 5.75 Å². The van der Waals surface area contributed by atoms with E-state index in [1.165, 1.54) is 32.1 Å². The molecule has 0 aromatic heterocycles. The lowest BCUT2D eigenvalue weighted by molar-refractivity contribution is -0.136. The number of piperidine rings is 1. The average molecular weight is 456 g/mol. The van der Waals surface area contributed by atoms with Gasteiger partial charge in [-0.2, -0.15) is 0 Å². The Labute approximate surface area is 196 Å². The lowest BCUT2D eigenvalue weighted by atomic mass is 10.0. The van der Waals surface area contributed by atoms with Crippen LogP contribution in [0.2, 0.25) is 0 Å². The lowest BCUT2D eigenvalue weighted by Crippen LogP contribution is -2.52. The van der Waals surface area contributed by atoms with Crippen molar-refractivity contribution in [1.29, 1.82) is 0 Å². The fraction of sp³-hybridized carbons (Fsp3) is 0.654. The van der Waals surface area contributed by atoms with E-state index >= 15 is 0 Å². The summed E-state index contributed by atoms with van der Waals surface area (Å²) in [5.74, 6) is 0.00853. The number of carbonyl (C=O) groups excluding carboxylic acids is 3. The number of benzene rings is 1. The van der Waals surface area contributed by atoms with E-state index in [1.54, 1.807) is 4.90 Å². The first-order chi connectivity index (χ1) is 16.0. The van der Waals surface area contributed by atoms with Crippen LogP contribution < -0.4 is 10.1 Å². The predicted molar refractivity (Wildman–Crippen MR) is 126 cm³/mol. The Kier molecular flexibility index (Phi) is 7.68. The number of unbranched alkanes of at least 4 members (excludes halogenated alkanes) is 2. The molecule has 0 radical (unpaired) electrons. The molecule has 7 nitrogen and oxygen atoms in total. The summed E-state index contributed by atoms with van der Waals surface area (Å²) in [5.41, 5.74) is 1.52. The van der Waals surface area contributed by atoms with Crippen molar-refractivity contribution in [2.75, 3.05) is 13.1 Å². The molecule has 7 heteroatoms. The van der Waals surface area contributed by atoms with Crippen molar-refractivity contribution in [3.63, 3.8) is 0 Å². The van der Waals surface area contributed by atoms with Crippen LogP contribution in [0, 0.1) is 0 Å². The zero-order chi connectivity index (χ0) is 23.4. The van der Waals surface area contributed by atoms with Crippen molar-refractivity contribution in [2.45, 2.75) is 96.4 Å². The largest absolute Gasteiger partial charge is 0.489 e. The summed E-state index contributed by atoms with van der Waals surface area (Å²) < 4.78 is 6.50. The minimum atomic E-state index is -0.586. The van der Waals surface area contributed by atoms with Crippen LogP contribution in [0.3, 0.4) is 0 Å². The molecular formula is C26H37N3O4. The number of rotatable bonds is 10. The summed E-state index contributed by atoms with van der Waals surface area (Å²) in [6.07, 6.45) is 9.08. The van der Waals surface area contributed by atoms with Gasteiger partial charge in [-0.3, -0.25) is 24.6 Å². The van der Waals surface area contributed by atoms with Crippen molar-refractivity contribution in [3.05, 3.63) is 29.3 Å². The maximum atomic E-state index is 12.9. The van der Waals surface area contributed by atoms with Gasteiger partial charge >= 0.3 is 0 Å². The second-order valence-corrected chi connectivity index (χ2v) is 9.62. The van der Waals surface area contributed by atoms with Crippen LogP contribution in [0.15, 0.2) is 18.2 Å². The van der Waals surface area contributed by atoms with Crippen molar-refractivity contribution >= 4 is 17.7 Å². The third-order valence-electron chi connectivity index (χ3n) is 7.23. The van der Waals surface area contributed by atoms with Gasteiger partial charge in [0.1, 0.15) is 17.9 Å². The summed E-state index contributed by atoms with van der Waals surface area (Å²) in [6.45, 7) is 7.10. The number of nitrogens with zero attached hydrogens (tertiary/aromatic N) is 2. The molecule has 180 valence electrons. The maximum Gasteiger partial charge on any atom is 0.255 e. The second-order valence-electron chi connectivity index (χ2n) is 9.62. The number of ether oxygens (including phenoxy) is 1. The van der Waals surface area contributed by atoms with E-state index in [2.05, 4.69) is 24.1 Å². The normalized spacial score (nSPS) is 25.0. The number of nitrogens with one attached hydrogen (secondary N) is 1. The molecule has 3 amide bonds. The second kappa shape index (κ2) is 10.7. The predicted octanol–water partition coefficient (Wildman–Crippen LogP) is 3.65. The molecule has 1 unspecified atom stereocenters. The highest BCUT2D eigenvalue weighted by molar-refractivity contribution is 6.05. The van der Waals surface area contributed by atoms with E-state index in [4.69, 9.17) is 4.74 Å². The number of fused-ring (bicyclic) bond motifs is 1. The van der Waals surface area contributed by atoms with Gasteiger partial charge in [0.05, 0.1) is 0 Å². The molecule has 4 rings (SSSR count). The van der Waals surface area contributed by atoms with Crippen LogP contribution in [0.5, 0.6) is 5.75 Å². The number of imide groups is 1. The first-order valence-electron chi connectivity index (χ1n) is 12.7. The highest BCUT2D eigenvalue weighted by Gasteiger charge is 2.39. The quantitative estimate of drug-likeness (QED) is 0.430. The Bertz CT molecular complexity index is 886. The van der Waals surface area contributed by atoms with Gasteiger partial charge in [0, 0.05) is 24.6 Å². The number of hydrogen-bond donors (Lipinski definition) is 1. The number of hydrogen-bond acceptors (Lipinski definition) is 5. The molecule has 2 aliphatic heterocycles. The topological polar surface area (TPSA) is 79.0 Å². The molecule has 3 atom stereocenters. The number of amides is 3. The Balaban J connectivity index is 1.43. The van der Waals surface area contributed by atoms with E-state index in [-0.39, 0.29) is 30.2 Å². The highest BCUT2D eigenvalue weighted by atomic mass is 16.5. The zero-order valence-corrected chi connectivity index (χ0v) is 20.0. The maximum absolute atomic E-state index is 12.9. The van der Waals surface area contributed by atoms with Crippen LogP contribution in [-0.2, 0) is 16.1 Å². The van der Waals surface area contributed by atoms with Crippen molar-refractivity contribution in [2.24, 2.45) is 0 Å². The van der Waals surface area contributed by atoms with Crippen LogP contribution >= 0.6 is 0 Å². The monoisotopic (exact) mass is 455 g/mol. The van der Waals surface area contributed by atoms with E-state index in [1.807, 2.05) is 18.2 Å². The lowest BCUT2D eigenvalue weighted by Gasteiger charge is -2.33. The Hall–Kier alpha value is -2.41. The highest BCUT2D eigenvalue weighted by Crippen LogP contribution is 2.33. The molecule has 3 aliphatic rings. The molecular weight excluding hydrogens is 418 g/mol. The summed E-state index contributed by atoms with van der Waals surface area (Å²) in [7, 11) is 0. The minimum Gasteiger partial charge on any atom is -0.489 e. The molecule has 2 fully saturated rings. The van der Waals surface area contributed by atoms with E-state index in [0.29, 0.717) is 24.6 Å². The van der Waals surface area contributed by atoms with Gasteiger partial charge in [-0.15, -0.1) is 0 Å². The Morgan fingerprint density at radius 3 is 2.67 bits per heavy atom. The molecule has 0 bridgehead atoms. The standard InChI is InChI=1S/C26H37N3O4/c1-3-5-6-15-28(14-4-2)21-8-7-9-23(21)33-19-10-11-20-18(16-19)17-29(26(20)32)22-12-13-24(30)27-25(22)31/h10-11,16,21-23H,3-9,12-15,17H2,1-2H3,(H,27,30,31)/t21-,22?,23-/m1/s1.